The van der Waals surface area contributed by atoms with E-state index in [4.69, 9.17) is 26.9 Å². The molecule has 1 aromatic rings. The van der Waals surface area contributed by atoms with E-state index < -0.39 is 0 Å². The van der Waals surface area contributed by atoms with Crippen LogP contribution in [0.2, 0.25) is 0 Å². The molecule has 0 bridgehead atoms. The van der Waals surface area contributed by atoms with Gasteiger partial charge in [0.1, 0.15) is 11.6 Å². The molecule has 0 unspecified atom stereocenters. The summed E-state index contributed by atoms with van der Waals surface area (Å²) in [5.41, 5.74) is 0. The van der Waals surface area contributed by atoms with Crippen LogP contribution in [0.15, 0.2) is 6.07 Å². The molecule has 2 fully saturated rings. The first-order valence-corrected chi connectivity index (χ1v) is 11.0. The normalized spacial score (nSPS) is 20.1. The number of aromatic nitrogens is 2. The molecular weight excluding hydrogens is 372 g/mol. The number of hydrogen-bond acceptors (Lipinski definition) is 6. The van der Waals surface area contributed by atoms with Gasteiger partial charge in [-0.25, -0.2) is 0 Å². The average molecular weight is 407 g/mol. The van der Waals surface area contributed by atoms with Crippen LogP contribution in [0.3, 0.4) is 0 Å². The van der Waals surface area contributed by atoms with Crippen molar-refractivity contribution in [3.8, 4) is 0 Å². The Hall–Kier alpha value is -1.67. The molecule has 0 aromatic carbocycles. The monoisotopic (exact) mass is 406 g/mol. The average Bonchev–Trinajstić information content (AvgIpc) is 2.72. The van der Waals surface area contributed by atoms with Crippen LogP contribution in [0.5, 0.6) is 0 Å². The van der Waals surface area contributed by atoms with Gasteiger partial charge < -0.3 is 25.2 Å². The quantitative estimate of drug-likeness (QED) is 0.529. The van der Waals surface area contributed by atoms with Gasteiger partial charge in [-0.05, 0) is 56.7 Å². The SMILES string of the molecule is COCCCNC(=S)Nc1nc(N2CCCCC2)cc(N2CCC[C@H](C)C2)n1. The zero-order valence-corrected chi connectivity index (χ0v) is 18.1. The van der Waals surface area contributed by atoms with Gasteiger partial charge in [-0.15, -0.1) is 0 Å². The van der Waals surface area contributed by atoms with Crippen LogP contribution in [-0.4, -0.2) is 61.5 Å². The Labute approximate surface area is 174 Å². The lowest BCUT2D eigenvalue weighted by molar-refractivity contribution is 0.196. The molecule has 8 heteroatoms. The minimum Gasteiger partial charge on any atom is -0.385 e. The second kappa shape index (κ2) is 10.8. The molecule has 0 radical (unpaired) electrons. The van der Waals surface area contributed by atoms with E-state index in [1.54, 1.807) is 7.11 Å². The Kier molecular flexibility index (Phi) is 8.09. The molecule has 0 amide bonds. The molecule has 0 saturated carbocycles. The van der Waals surface area contributed by atoms with Crippen LogP contribution >= 0.6 is 12.2 Å². The van der Waals surface area contributed by atoms with E-state index >= 15 is 0 Å². The number of rotatable bonds is 7. The molecule has 7 nitrogen and oxygen atoms in total. The van der Waals surface area contributed by atoms with Gasteiger partial charge in [0.2, 0.25) is 5.95 Å². The maximum absolute atomic E-state index is 5.43. The number of methoxy groups -OCH3 is 1. The van der Waals surface area contributed by atoms with Crippen LogP contribution in [0.4, 0.5) is 17.6 Å². The van der Waals surface area contributed by atoms with Crippen molar-refractivity contribution in [3.05, 3.63) is 6.07 Å². The van der Waals surface area contributed by atoms with E-state index in [0.29, 0.717) is 23.6 Å². The topological polar surface area (TPSA) is 65.6 Å². The van der Waals surface area contributed by atoms with Crippen molar-refractivity contribution < 1.29 is 4.74 Å². The molecule has 0 aliphatic carbocycles. The van der Waals surface area contributed by atoms with Crippen molar-refractivity contribution in [1.29, 1.82) is 0 Å². The first-order chi connectivity index (χ1) is 13.7. The van der Waals surface area contributed by atoms with Crippen molar-refractivity contribution in [3.63, 3.8) is 0 Å². The second-order valence-electron chi connectivity index (χ2n) is 7.88. The molecule has 2 N–H and O–H groups in total. The molecule has 2 saturated heterocycles. The molecule has 2 aliphatic heterocycles. The van der Waals surface area contributed by atoms with E-state index in [0.717, 1.165) is 50.8 Å². The summed E-state index contributed by atoms with van der Waals surface area (Å²) in [6.45, 7) is 8.03. The Morgan fingerprint density at radius 1 is 1.14 bits per heavy atom. The summed E-state index contributed by atoms with van der Waals surface area (Å²) in [7, 11) is 1.71. The van der Waals surface area contributed by atoms with Crippen molar-refractivity contribution in [2.45, 2.75) is 45.4 Å². The van der Waals surface area contributed by atoms with E-state index in [1.165, 1.54) is 32.1 Å². The molecular formula is C20H34N6OS. The van der Waals surface area contributed by atoms with Gasteiger partial charge in [0.15, 0.2) is 5.11 Å². The molecule has 2 aliphatic rings. The van der Waals surface area contributed by atoms with Gasteiger partial charge in [-0.1, -0.05) is 6.92 Å². The smallest absolute Gasteiger partial charge is 0.232 e. The predicted molar refractivity (Wildman–Crippen MR) is 119 cm³/mol. The van der Waals surface area contributed by atoms with E-state index in [9.17, 15) is 0 Å². The summed E-state index contributed by atoms with van der Waals surface area (Å²) in [6.07, 6.45) is 7.17. The van der Waals surface area contributed by atoms with Crippen molar-refractivity contribution in [2.24, 2.45) is 5.92 Å². The molecule has 28 heavy (non-hydrogen) atoms. The number of ether oxygens (including phenoxy) is 1. The van der Waals surface area contributed by atoms with Crippen molar-refractivity contribution >= 4 is 34.9 Å². The first kappa shape index (κ1) is 21.0. The largest absolute Gasteiger partial charge is 0.385 e. The van der Waals surface area contributed by atoms with Crippen LogP contribution in [0.25, 0.3) is 0 Å². The highest BCUT2D eigenvalue weighted by atomic mass is 32.1. The van der Waals surface area contributed by atoms with Gasteiger partial charge in [-0.3, -0.25) is 0 Å². The molecule has 3 heterocycles. The number of nitrogens with zero attached hydrogens (tertiary/aromatic N) is 4. The van der Waals surface area contributed by atoms with Gasteiger partial charge in [-0.2, -0.15) is 9.97 Å². The summed E-state index contributed by atoms with van der Waals surface area (Å²) in [5, 5.41) is 6.96. The summed E-state index contributed by atoms with van der Waals surface area (Å²) in [4.78, 5) is 14.3. The lowest BCUT2D eigenvalue weighted by Crippen LogP contribution is -2.36. The standard InChI is InChI=1S/C20H34N6OS/c1-16-8-6-12-26(15-16)18-14-17(25-10-4-3-5-11-25)22-19(23-18)24-20(28)21-9-7-13-27-2/h14,16H,3-13,15H2,1-2H3,(H2,21,22,23,24,28)/t16-/m0/s1. The lowest BCUT2D eigenvalue weighted by atomic mass is 10.0. The fourth-order valence-corrected chi connectivity index (χ4v) is 4.08. The molecule has 0 spiro atoms. The number of thiocarbonyl (C=S) groups is 1. The first-order valence-electron chi connectivity index (χ1n) is 10.6. The highest BCUT2D eigenvalue weighted by Gasteiger charge is 2.21. The minimum atomic E-state index is 0.560. The van der Waals surface area contributed by atoms with Crippen LogP contribution < -0.4 is 20.4 Å². The third kappa shape index (κ3) is 6.17. The summed E-state index contributed by atoms with van der Waals surface area (Å²) in [5.74, 6) is 3.29. The van der Waals surface area contributed by atoms with Crippen molar-refractivity contribution in [1.82, 2.24) is 15.3 Å². The summed E-state index contributed by atoms with van der Waals surface area (Å²) in [6, 6.07) is 2.16. The number of hydrogen-bond donors (Lipinski definition) is 2. The van der Waals surface area contributed by atoms with Gasteiger partial charge >= 0.3 is 0 Å². The zero-order chi connectivity index (χ0) is 19.8. The molecule has 156 valence electrons. The Bertz CT molecular complexity index is 637. The zero-order valence-electron chi connectivity index (χ0n) is 17.2. The van der Waals surface area contributed by atoms with Crippen LogP contribution in [0, 0.1) is 5.92 Å². The van der Waals surface area contributed by atoms with Gasteiger partial charge in [0.05, 0.1) is 0 Å². The maximum Gasteiger partial charge on any atom is 0.232 e. The fourth-order valence-electron chi connectivity index (χ4n) is 3.89. The highest BCUT2D eigenvalue weighted by molar-refractivity contribution is 7.80. The maximum atomic E-state index is 5.43. The van der Waals surface area contributed by atoms with Crippen molar-refractivity contribution in [2.75, 3.05) is 61.6 Å². The summed E-state index contributed by atoms with van der Waals surface area (Å²) >= 11 is 5.43. The highest BCUT2D eigenvalue weighted by Crippen LogP contribution is 2.27. The number of nitrogens with one attached hydrogen (secondary N) is 2. The number of piperidine rings is 2. The molecule has 3 rings (SSSR count). The van der Waals surface area contributed by atoms with E-state index in [-0.39, 0.29) is 0 Å². The Morgan fingerprint density at radius 3 is 2.57 bits per heavy atom. The summed E-state index contributed by atoms with van der Waals surface area (Å²) < 4.78 is 5.08. The fraction of sp³-hybridized carbons (Fsp3) is 0.750. The predicted octanol–water partition coefficient (Wildman–Crippen LogP) is 3.03. The van der Waals surface area contributed by atoms with E-state index in [2.05, 4.69) is 33.4 Å². The Morgan fingerprint density at radius 2 is 1.86 bits per heavy atom. The third-order valence-corrected chi connectivity index (χ3v) is 5.64. The molecule has 1 atom stereocenters. The van der Waals surface area contributed by atoms with Gasteiger partial charge in [0.25, 0.3) is 0 Å². The third-order valence-electron chi connectivity index (χ3n) is 5.40. The minimum absolute atomic E-state index is 0.560. The molecule has 1 aromatic heterocycles. The lowest BCUT2D eigenvalue weighted by Gasteiger charge is -2.33. The Balaban J connectivity index is 1.73. The van der Waals surface area contributed by atoms with E-state index in [1.807, 2.05) is 0 Å². The van der Waals surface area contributed by atoms with Crippen LogP contribution in [0.1, 0.15) is 45.4 Å². The van der Waals surface area contributed by atoms with Gasteiger partial charge in [0, 0.05) is 52.5 Å². The second-order valence-corrected chi connectivity index (χ2v) is 8.28. The van der Waals surface area contributed by atoms with Crippen LogP contribution in [-0.2, 0) is 4.74 Å². The number of anilines is 3.